The normalized spacial score (nSPS) is 20.0. The van der Waals surface area contributed by atoms with Gasteiger partial charge in [-0.05, 0) is 44.4 Å². The van der Waals surface area contributed by atoms with Crippen molar-refractivity contribution in [3.8, 4) is 0 Å². The van der Waals surface area contributed by atoms with Crippen LogP contribution in [0.4, 0.5) is 0 Å². The summed E-state index contributed by atoms with van der Waals surface area (Å²) in [7, 11) is 0. The molecule has 122 valence electrons. The van der Waals surface area contributed by atoms with Crippen LogP contribution in [-0.4, -0.2) is 37.5 Å². The van der Waals surface area contributed by atoms with Gasteiger partial charge < -0.3 is 16.0 Å². The number of aliphatic imine (C=N–C) groups is 1. The highest BCUT2D eigenvalue weighted by Crippen LogP contribution is 2.42. The van der Waals surface area contributed by atoms with E-state index in [1.807, 2.05) is 6.92 Å². The predicted molar refractivity (Wildman–Crippen MR) is 97.1 cm³/mol. The summed E-state index contributed by atoms with van der Waals surface area (Å²) in [6.45, 7) is 6.29. The molecule has 0 radical (unpaired) electrons. The van der Waals surface area contributed by atoms with Crippen LogP contribution in [0.1, 0.15) is 52.4 Å². The summed E-state index contributed by atoms with van der Waals surface area (Å²) < 4.78 is 0. The van der Waals surface area contributed by atoms with Gasteiger partial charge in [0.25, 0.3) is 0 Å². The molecule has 2 aliphatic carbocycles. The number of rotatable bonds is 7. The van der Waals surface area contributed by atoms with E-state index in [2.05, 4.69) is 27.9 Å². The summed E-state index contributed by atoms with van der Waals surface area (Å²) in [5.41, 5.74) is 0.451. The maximum Gasteiger partial charge on any atom is 0.242 e. The first-order chi connectivity index (χ1) is 9.67. The second-order valence-electron chi connectivity index (χ2n) is 6.10. The topological polar surface area (TPSA) is 65.5 Å². The van der Waals surface area contributed by atoms with Crippen LogP contribution in [-0.2, 0) is 4.79 Å². The van der Waals surface area contributed by atoms with Crippen LogP contribution in [0, 0.1) is 5.41 Å². The molecule has 0 bridgehead atoms. The Morgan fingerprint density at radius 2 is 1.95 bits per heavy atom. The molecule has 2 rings (SSSR count). The van der Waals surface area contributed by atoms with Gasteiger partial charge in [0.15, 0.2) is 5.96 Å². The Bertz CT molecular complexity index is 359. The van der Waals surface area contributed by atoms with Crippen LogP contribution >= 0.6 is 24.0 Å². The molecule has 0 saturated heterocycles. The lowest BCUT2D eigenvalue weighted by Crippen LogP contribution is -2.46. The number of nitrogens with zero attached hydrogens (tertiary/aromatic N) is 1. The molecule has 0 aromatic heterocycles. The van der Waals surface area contributed by atoms with Crippen LogP contribution in [0.15, 0.2) is 4.99 Å². The van der Waals surface area contributed by atoms with Gasteiger partial charge in [-0.25, -0.2) is 4.99 Å². The van der Waals surface area contributed by atoms with Crippen molar-refractivity contribution in [2.75, 3.05) is 19.6 Å². The molecule has 0 heterocycles. The molecule has 2 saturated carbocycles. The largest absolute Gasteiger partial charge is 0.357 e. The van der Waals surface area contributed by atoms with E-state index in [0.717, 1.165) is 31.9 Å². The zero-order chi connectivity index (χ0) is 14.4. The van der Waals surface area contributed by atoms with E-state index in [4.69, 9.17) is 0 Å². The number of nitrogens with one attached hydrogen (secondary N) is 3. The highest BCUT2D eigenvalue weighted by molar-refractivity contribution is 14.0. The van der Waals surface area contributed by atoms with Crippen LogP contribution in [0.25, 0.3) is 0 Å². The number of carbonyl (C=O) groups excluding carboxylic acids is 1. The maximum atomic E-state index is 11.7. The molecule has 0 aromatic carbocycles. The van der Waals surface area contributed by atoms with Crippen molar-refractivity contribution >= 4 is 35.8 Å². The summed E-state index contributed by atoms with van der Waals surface area (Å²) in [6, 6.07) is 0.409. The molecule has 0 aromatic rings. The summed E-state index contributed by atoms with van der Waals surface area (Å²) in [5.74, 6) is 0.789. The van der Waals surface area contributed by atoms with Crippen molar-refractivity contribution < 1.29 is 4.79 Å². The van der Waals surface area contributed by atoms with Crippen LogP contribution in [0.2, 0.25) is 0 Å². The van der Waals surface area contributed by atoms with Gasteiger partial charge >= 0.3 is 0 Å². The average Bonchev–Trinajstić information content (AvgIpc) is 3.19. The minimum Gasteiger partial charge on any atom is -0.357 e. The minimum atomic E-state index is 0. The van der Waals surface area contributed by atoms with Gasteiger partial charge in [0.2, 0.25) is 5.91 Å². The van der Waals surface area contributed by atoms with Gasteiger partial charge in [0, 0.05) is 19.1 Å². The van der Waals surface area contributed by atoms with E-state index in [1.165, 1.54) is 25.7 Å². The molecule has 1 amide bonds. The zero-order valence-electron chi connectivity index (χ0n) is 13.2. The van der Waals surface area contributed by atoms with Gasteiger partial charge in [-0.3, -0.25) is 4.79 Å². The lowest BCUT2D eigenvalue weighted by Gasteiger charge is -2.41. The highest BCUT2D eigenvalue weighted by atomic mass is 127. The summed E-state index contributed by atoms with van der Waals surface area (Å²) in [5, 5.41) is 9.56. The van der Waals surface area contributed by atoms with Crippen molar-refractivity contribution in [3.63, 3.8) is 0 Å². The van der Waals surface area contributed by atoms with Crippen molar-refractivity contribution in [1.29, 1.82) is 0 Å². The quantitative estimate of drug-likeness (QED) is 0.343. The molecular weight excluding hydrogens is 379 g/mol. The van der Waals surface area contributed by atoms with E-state index in [1.54, 1.807) is 0 Å². The van der Waals surface area contributed by atoms with Crippen LogP contribution in [0.5, 0.6) is 0 Å². The number of halogens is 1. The smallest absolute Gasteiger partial charge is 0.242 e. The monoisotopic (exact) mass is 408 g/mol. The SMILES string of the molecule is CCNC(=NCC(=O)NC1CC1)NCC1(CC)CCC1.I. The molecular formula is C15H29IN4O. The Morgan fingerprint density at radius 1 is 1.24 bits per heavy atom. The van der Waals surface area contributed by atoms with Gasteiger partial charge in [-0.15, -0.1) is 24.0 Å². The van der Waals surface area contributed by atoms with Crippen molar-refractivity contribution in [1.82, 2.24) is 16.0 Å². The van der Waals surface area contributed by atoms with Crippen LogP contribution in [0.3, 0.4) is 0 Å². The Balaban J connectivity index is 0.00000220. The first-order valence-electron chi connectivity index (χ1n) is 7.99. The van der Waals surface area contributed by atoms with E-state index in [-0.39, 0.29) is 36.4 Å². The highest BCUT2D eigenvalue weighted by Gasteiger charge is 2.34. The fraction of sp³-hybridized carbons (Fsp3) is 0.867. The van der Waals surface area contributed by atoms with Crippen molar-refractivity contribution in [3.05, 3.63) is 0 Å². The van der Waals surface area contributed by atoms with Gasteiger partial charge in [0.1, 0.15) is 6.54 Å². The molecule has 0 aliphatic heterocycles. The Labute approximate surface area is 145 Å². The molecule has 6 heteroatoms. The first-order valence-corrected chi connectivity index (χ1v) is 7.99. The van der Waals surface area contributed by atoms with Crippen LogP contribution < -0.4 is 16.0 Å². The maximum absolute atomic E-state index is 11.7. The number of carbonyl (C=O) groups is 1. The standard InChI is InChI=1S/C15H28N4O.HI/c1-3-15(8-5-9-15)11-18-14(16-4-2)17-10-13(20)19-12-6-7-12;/h12H,3-11H2,1-2H3,(H,19,20)(H2,16,17,18);1H. The summed E-state index contributed by atoms with van der Waals surface area (Å²) in [4.78, 5) is 16.0. The fourth-order valence-electron chi connectivity index (χ4n) is 2.60. The lowest BCUT2D eigenvalue weighted by atomic mass is 9.67. The fourth-order valence-corrected chi connectivity index (χ4v) is 2.60. The molecule has 0 unspecified atom stereocenters. The molecule has 21 heavy (non-hydrogen) atoms. The number of guanidine groups is 1. The average molecular weight is 408 g/mol. The lowest BCUT2D eigenvalue weighted by molar-refractivity contribution is -0.119. The third-order valence-corrected chi connectivity index (χ3v) is 4.46. The van der Waals surface area contributed by atoms with E-state index in [0.29, 0.717) is 11.5 Å². The number of hydrogen-bond donors (Lipinski definition) is 3. The Kier molecular flexibility index (Phi) is 7.76. The van der Waals surface area contributed by atoms with E-state index >= 15 is 0 Å². The summed E-state index contributed by atoms with van der Waals surface area (Å²) in [6.07, 6.45) is 7.39. The van der Waals surface area contributed by atoms with Gasteiger partial charge in [0.05, 0.1) is 0 Å². The second kappa shape index (κ2) is 8.80. The predicted octanol–water partition coefficient (Wildman–Crippen LogP) is 2.02. The van der Waals surface area contributed by atoms with Crippen molar-refractivity contribution in [2.24, 2.45) is 10.4 Å². The second-order valence-corrected chi connectivity index (χ2v) is 6.10. The molecule has 5 nitrogen and oxygen atoms in total. The van der Waals surface area contributed by atoms with Gasteiger partial charge in [-0.1, -0.05) is 13.3 Å². The van der Waals surface area contributed by atoms with E-state index < -0.39 is 0 Å². The molecule has 0 spiro atoms. The van der Waals surface area contributed by atoms with Crippen molar-refractivity contribution in [2.45, 2.75) is 58.4 Å². The zero-order valence-corrected chi connectivity index (χ0v) is 15.5. The molecule has 0 atom stereocenters. The van der Waals surface area contributed by atoms with E-state index in [9.17, 15) is 4.79 Å². The molecule has 2 aliphatic rings. The molecule has 3 N–H and O–H groups in total. The Morgan fingerprint density at radius 3 is 2.43 bits per heavy atom. The first kappa shape index (κ1) is 18.5. The Hall–Kier alpha value is -0.530. The third kappa shape index (κ3) is 6.00. The van der Waals surface area contributed by atoms with Gasteiger partial charge in [-0.2, -0.15) is 0 Å². The minimum absolute atomic E-state index is 0. The molecule has 2 fully saturated rings. The summed E-state index contributed by atoms with van der Waals surface area (Å²) >= 11 is 0. The third-order valence-electron chi connectivity index (χ3n) is 4.46. The number of hydrogen-bond acceptors (Lipinski definition) is 2. The number of amides is 1.